The molecule has 0 saturated carbocycles. The summed E-state index contributed by atoms with van der Waals surface area (Å²) in [7, 11) is 1.67. The average molecular weight is 271 g/mol. The van der Waals surface area contributed by atoms with Crippen LogP contribution in [0, 0.1) is 0 Å². The number of methoxy groups -OCH3 is 1. The van der Waals surface area contributed by atoms with Gasteiger partial charge in [-0.3, -0.25) is 0 Å². The highest BCUT2D eigenvalue weighted by atomic mass is 16.5. The largest absolute Gasteiger partial charge is 0.494 e. The van der Waals surface area contributed by atoms with Crippen molar-refractivity contribution < 1.29 is 9.84 Å². The molecule has 1 heterocycles. The van der Waals surface area contributed by atoms with Gasteiger partial charge in [0.2, 0.25) is 0 Å². The van der Waals surface area contributed by atoms with Crippen molar-refractivity contribution in [2.24, 2.45) is 0 Å². The third kappa shape index (κ3) is 2.06. The Kier molecular flexibility index (Phi) is 3.17. The summed E-state index contributed by atoms with van der Waals surface area (Å²) < 4.78 is 5.44. The van der Waals surface area contributed by atoms with E-state index < -0.39 is 5.60 Å². The lowest BCUT2D eigenvalue weighted by Crippen LogP contribution is -2.22. The quantitative estimate of drug-likeness (QED) is 0.910. The van der Waals surface area contributed by atoms with Crippen LogP contribution in [0.5, 0.6) is 5.75 Å². The van der Waals surface area contributed by atoms with Crippen molar-refractivity contribution in [1.29, 1.82) is 0 Å². The van der Waals surface area contributed by atoms with E-state index in [1.807, 2.05) is 32.0 Å². The normalized spacial score (nSPS) is 15.2. The number of benzene rings is 1. The Morgan fingerprint density at radius 3 is 2.65 bits per heavy atom. The number of aromatic nitrogens is 1. The topological polar surface area (TPSA) is 42.4 Å². The van der Waals surface area contributed by atoms with Crippen LogP contribution in [0.3, 0.4) is 0 Å². The van der Waals surface area contributed by atoms with Crippen LogP contribution < -0.4 is 4.74 Å². The van der Waals surface area contributed by atoms with Crippen molar-refractivity contribution in [3.8, 4) is 5.75 Å². The highest BCUT2D eigenvalue weighted by Gasteiger charge is 2.28. The Hall–Kier alpha value is -1.61. The van der Waals surface area contributed by atoms with Gasteiger partial charge >= 0.3 is 0 Å². The van der Waals surface area contributed by atoms with Crippen molar-refractivity contribution in [2.75, 3.05) is 7.11 Å². The number of para-hydroxylation sites is 1. The lowest BCUT2D eigenvalue weighted by atomic mass is 9.83. The fourth-order valence-electron chi connectivity index (χ4n) is 3.28. The Morgan fingerprint density at radius 2 is 1.95 bits per heavy atom. The van der Waals surface area contributed by atoms with Crippen LogP contribution in [0.4, 0.5) is 0 Å². The molecular weight excluding hydrogens is 250 g/mol. The van der Waals surface area contributed by atoms with Crippen LogP contribution in [0.2, 0.25) is 0 Å². The zero-order valence-corrected chi connectivity index (χ0v) is 12.4. The van der Waals surface area contributed by atoms with Gasteiger partial charge in [0.05, 0.1) is 12.7 Å². The molecule has 0 radical (unpaired) electrons. The molecule has 2 aromatic rings. The van der Waals surface area contributed by atoms with E-state index in [9.17, 15) is 5.11 Å². The summed E-state index contributed by atoms with van der Waals surface area (Å²) in [6.45, 7) is 3.71. The van der Waals surface area contributed by atoms with Gasteiger partial charge in [0, 0.05) is 11.1 Å². The summed E-state index contributed by atoms with van der Waals surface area (Å²) >= 11 is 0. The Bertz CT molecular complexity index is 656. The number of ether oxygens (including phenoxy) is 1. The van der Waals surface area contributed by atoms with Gasteiger partial charge in [-0.25, -0.2) is 4.98 Å². The number of aliphatic hydroxyl groups is 1. The monoisotopic (exact) mass is 271 g/mol. The van der Waals surface area contributed by atoms with Crippen LogP contribution >= 0.6 is 0 Å². The van der Waals surface area contributed by atoms with E-state index in [0.29, 0.717) is 0 Å². The third-order valence-corrected chi connectivity index (χ3v) is 4.09. The van der Waals surface area contributed by atoms with E-state index >= 15 is 0 Å². The Balaban J connectivity index is 2.42. The second-order valence-electron chi connectivity index (χ2n) is 6.03. The number of fused-ring (bicyclic) bond motifs is 2. The summed E-state index contributed by atoms with van der Waals surface area (Å²) in [6, 6.07) is 5.93. The molecule has 0 bridgehead atoms. The molecule has 0 amide bonds. The molecule has 106 valence electrons. The van der Waals surface area contributed by atoms with E-state index in [1.165, 1.54) is 18.4 Å². The van der Waals surface area contributed by atoms with Gasteiger partial charge < -0.3 is 9.84 Å². The standard InChI is InChI=1S/C17H21NO2/c1-17(2,19)15-11-7-4-5-9-13(11)18-16-12(15)8-6-10-14(16)20-3/h6,8,10,19H,4-5,7,9H2,1-3H3. The predicted octanol–water partition coefficient (Wildman–Crippen LogP) is 3.35. The van der Waals surface area contributed by atoms with Crippen molar-refractivity contribution in [2.45, 2.75) is 45.1 Å². The van der Waals surface area contributed by atoms with Gasteiger partial charge in [-0.1, -0.05) is 12.1 Å². The molecule has 1 aromatic carbocycles. The van der Waals surface area contributed by atoms with E-state index in [4.69, 9.17) is 9.72 Å². The van der Waals surface area contributed by atoms with Gasteiger partial charge in [0.25, 0.3) is 0 Å². The van der Waals surface area contributed by atoms with Crippen molar-refractivity contribution >= 4 is 10.9 Å². The molecule has 0 saturated heterocycles. The van der Waals surface area contributed by atoms with Gasteiger partial charge in [-0.15, -0.1) is 0 Å². The van der Waals surface area contributed by atoms with Crippen molar-refractivity contribution in [3.05, 3.63) is 35.0 Å². The van der Waals surface area contributed by atoms with Gasteiger partial charge in [-0.2, -0.15) is 0 Å². The van der Waals surface area contributed by atoms with E-state index in [0.717, 1.165) is 40.8 Å². The predicted molar refractivity (Wildman–Crippen MR) is 80.2 cm³/mol. The van der Waals surface area contributed by atoms with Crippen molar-refractivity contribution in [3.63, 3.8) is 0 Å². The fraction of sp³-hybridized carbons (Fsp3) is 0.471. The molecular formula is C17H21NO2. The molecule has 1 aliphatic rings. The molecule has 1 N–H and O–H groups in total. The molecule has 20 heavy (non-hydrogen) atoms. The minimum Gasteiger partial charge on any atom is -0.494 e. The number of nitrogens with zero attached hydrogens (tertiary/aromatic N) is 1. The van der Waals surface area contributed by atoms with Crippen LogP contribution in [-0.2, 0) is 18.4 Å². The van der Waals surface area contributed by atoms with Crippen LogP contribution in [-0.4, -0.2) is 17.2 Å². The minimum absolute atomic E-state index is 0.779. The summed E-state index contributed by atoms with van der Waals surface area (Å²) in [6.07, 6.45) is 4.35. The molecule has 0 atom stereocenters. The van der Waals surface area contributed by atoms with Gasteiger partial charge in [0.15, 0.2) is 0 Å². The number of aryl methyl sites for hydroxylation is 1. The maximum absolute atomic E-state index is 10.6. The lowest BCUT2D eigenvalue weighted by molar-refractivity contribution is 0.0789. The number of hydrogen-bond donors (Lipinski definition) is 1. The second-order valence-corrected chi connectivity index (χ2v) is 6.03. The Morgan fingerprint density at radius 1 is 1.20 bits per heavy atom. The second kappa shape index (κ2) is 4.74. The molecule has 0 aliphatic heterocycles. The van der Waals surface area contributed by atoms with Gasteiger partial charge in [-0.05, 0) is 56.7 Å². The lowest BCUT2D eigenvalue weighted by Gasteiger charge is -2.28. The molecule has 3 heteroatoms. The molecule has 1 aliphatic carbocycles. The summed E-state index contributed by atoms with van der Waals surface area (Å²) in [5.74, 6) is 0.779. The molecule has 0 fully saturated rings. The first-order chi connectivity index (χ1) is 9.52. The first-order valence-electron chi connectivity index (χ1n) is 7.23. The highest BCUT2D eigenvalue weighted by Crippen LogP contribution is 2.38. The average Bonchev–Trinajstić information content (AvgIpc) is 2.42. The SMILES string of the molecule is COc1cccc2c(C(C)(C)O)c3c(nc12)CCCC3. The number of rotatable bonds is 2. The van der Waals surface area contributed by atoms with E-state index in [1.54, 1.807) is 7.11 Å². The first kappa shape index (κ1) is 13.4. The zero-order valence-electron chi connectivity index (χ0n) is 12.4. The van der Waals surface area contributed by atoms with Crippen LogP contribution in [0.25, 0.3) is 10.9 Å². The number of pyridine rings is 1. The van der Waals surface area contributed by atoms with Crippen LogP contribution in [0.1, 0.15) is 43.5 Å². The summed E-state index contributed by atoms with van der Waals surface area (Å²) in [4.78, 5) is 4.82. The van der Waals surface area contributed by atoms with Crippen LogP contribution in [0.15, 0.2) is 18.2 Å². The maximum atomic E-state index is 10.6. The number of hydrogen-bond acceptors (Lipinski definition) is 3. The minimum atomic E-state index is -0.866. The first-order valence-corrected chi connectivity index (χ1v) is 7.23. The molecule has 0 spiro atoms. The van der Waals surface area contributed by atoms with Gasteiger partial charge in [0.1, 0.15) is 11.3 Å². The van der Waals surface area contributed by atoms with Crippen molar-refractivity contribution in [1.82, 2.24) is 4.98 Å². The smallest absolute Gasteiger partial charge is 0.145 e. The third-order valence-electron chi connectivity index (χ3n) is 4.09. The highest BCUT2D eigenvalue weighted by molar-refractivity contribution is 5.89. The molecule has 3 nitrogen and oxygen atoms in total. The Labute approximate surface area is 119 Å². The van der Waals surface area contributed by atoms with E-state index in [-0.39, 0.29) is 0 Å². The fourth-order valence-corrected chi connectivity index (χ4v) is 3.28. The van der Waals surface area contributed by atoms with E-state index in [2.05, 4.69) is 0 Å². The summed E-state index contributed by atoms with van der Waals surface area (Å²) in [5.41, 5.74) is 3.40. The molecule has 0 unspecified atom stereocenters. The maximum Gasteiger partial charge on any atom is 0.145 e. The zero-order chi connectivity index (χ0) is 14.3. The molecule has 1 aromatic heterocycles. The summed E-state index contributed by atoms with van der Waals surface area (Å²) in [5, 5.41) is 11.6. The molecule has 3 rings (SSSR count).